The molecule has 1 saturated heterocycles. The number of hydrogen-bond donors (Lipinski definition) is 2. The molecule has 0 spiro atoms. The minimum absolute atomic E-state index is 0.515. The van der Waals surface area contributed by atoms with Gasteiger partial charge in [0.2, 0.25) is 0 Å². The predicted molar refractivity (Wildman–Crippen MR) is 109 cm³/mol. The van der Waals surface area contributed by atoms with E-state index >= 15 is 0 Å². The van der Waals surface area contributed by atoms with Gasteiger partial charge in [0.15, 0.2) is 0 Å². The Kier molecular flexibility index (Phi) is 4.75. The summed E-state index contributed by atoms with van der Waals surface area (Å²) in [6, 6.07) is 6.11. The van der Waals surface area contributed by atoms with Crippen LogP contribution in [-0.2, 0) is 0 Å². The maximum absolute atomic E-state index is 8.84. The van der Waals surface area contributed by atoms with Gasteiger partial charge in [-0.1, -0.05) is 0 Å². The highest BCUT2D eigenvalue weighted by Gasteiger charge is 2.27. The molecule has 0 aromatic carbocycles. The van der Waals surface area contributed by atoms with Gasteiger partial charge in [-0.25, -0.2) is 9.97 Å². The molecule has 146 valence electrons. The number of nitrogens with zero attached hydrogens (tertiary/aromatic N) is 5. The number of hydrogen-bond acceptors (Lipinski definition) is 5. The van der Waals surface area contributed by atoms with Crippen LogP contribution in [0, 0.1) is 11.3 Å². The van der Waals surface area contributed by atoms with Crippen molar-refractivity contribution >= 4 is 22.1 Å². The molecule has 7 nitrogen and oxygen atoms in total. The van der Waals surface area contributed by atoms with Crippen molar-refractivity contribution < 1.29 is 0 Å². The number of rotatable bonds is 4. The zero-order chi connectivity index (χ0) is 18.9. The molecule has 1 saturated carbocycles. The van der Waals surface area contributed by atoms with Crippen LogP contribution in [0.2, 0.25) is 0 Å². The van der Waals surface area contributed by atoms with Crippen LogP contribution >= 0.6 is 0 Å². The van der Waals surface area contributed by atoms with Crippen molar-refractivity contribution in [1.82, 2.24) is 29.7 Å². The van der Waals surface area contributed by atoms with E-state index in [0.29, 0.717) is 24.7 Å². The van der Waals surface area contributed by atoms with Gasteiger partial charge in [0.25, 0.3) is 0 Å². The fraction of sp³-hybridized carbons (Fsp3) is 0.571. The third kappa shape index (κ3) is 3.27. The minimum Gasteiger partial charge on any atom is -0.346 e. The van der Waals surface area contributed by atoms with Crippen molar-refractivity contribution in [3.8, 4) is 6.07 Å². The maximum Gasteiger partial charge on any atom is 0.139 e. The van der Waals surface area contributed by atoms with Crippen molar-refractivity contribution in [2.75, 3.05) is 19.6 Å². The third-order valence-corrected chi connectivity index (χ3v) is 6.56. The molecule has 4 heterocycles. The summed E-state index contributed by atoms with van der Waals surface area (Å²) in [6.45, 7) is 2.66. The lowest BCUT2D eigenvalue weighted by Gasteiger charge is -2.36. The minimum atomic E-state index is 0.515. The molecule has 3 aromatic rings. The Labute approximate surface area is 164 Å². The number of aromatic amines is 1. The van der Waals surface area contributed by atoms with Crippen molar-refractivity contribution in [3.05, 3.63) is 24.8 Å². The first-order valence-corrected chi connectivity index (χ1v) is 10.5. The van der Waals surface area contributed by atoms with Crippen LogP contribution < -0.4 is 5.32 Å². The molecule has 7 heteroatoms. The van der Waals surface area contributed by atoms with Crippen LogP contribution in [0.4, 0.5) is 0 Å². The summed E-state index contributed by atoms with van der Waals surface area (Å²) < 4.78 is 2.38. The van der Waals surface area contributed by atoms with Gasteiger partial charge >= 0.3 is 0 Å². The van der Waals surface area contributed by atoms with E-state index in [4.69, 9.17) is 5.26 Å². The summed E-state index contributed by atoms with van der Waals surface area (Å²) in [6.07, 6.45) is 12.9. The summed E-state index contributed by atoms with van der Waals surface area (Å²) in [7, 11) is 0. The monoisotopic (exact) mass is 377 g/mol. The fourth-order valence-corrected chi connectivity index (χ4v) is 5.02. The standard InChI is InChI=1S/C21H27N7/c22-8-12-27-10-6-16(7-11-27)26-15-1-3-17(4-2-15)28-14-25-19-13-24-21-18(20(19)28)5-9-23-21/h5,9,13-17,26H,1-4,6-7,10-12H2,(H,23,24)/t15-,17-. The lowest BCUT2D eigenvalue weighted by Crippen LogP contribution is -2.47. The van der Waals surface area contributed by atoms with Crippen LogP contribution in [0.1, 0.15) is 44.6 Å². The summed E-state index contributed by atoms with van der Waals surface area (Å²) in [5.74, 6) is 0. The van der Waals surface area contributed by atoms with Gasteiger partial charge in [0, 0.05) is 42.8 Å². The smallest absolute Gasteiger partial charge is 0.139 e. The van der Waals surface area contributed by atoms with Crippen LogP contribution in [0.25, 0.3) is 22.1 Å². The summed E-state index contributed by atoms with van der Waals surface area (Å²) in [5, 5.41) is 13.9. The number of imidazole rings is 1. The lowest BCUT2D eigenvalue weighted by atomic mass is 9.89. The SMILES string of the molecule is N#CCN1CCC(N[C@H]2CC[C@H](n3cnc4cnc5[nH]ccc5c43)CC2)CC1. The normalized spacial score (nSPS) is 24.7. The van der Waals surface area contributed by atoms with Gasteiger partial charge in [-0.15, -0.1) is 0 Å². The number of pyridine rings is 1. The Balaban J connectivity index is 1.22. The van der Waals surface area contributed by atoms with Gasteiger partial charge < -0.3 is 14.9 Å². The number of piperidine rings is 1. The number of likely N-dealkylation sites (tertiary alicyclic amines) is 1. The van der Waals surface area contributed by atoms with Crippen molar-refractivity contribution in [2.24, 2.45) is 0 Å². The molecule has 0 radical (unpaired) electrons. The highest BCUT2D eigenvalue weighted by molar-refractivity contribution is 6.00. The molecule has 28 heavy (non-hydrogen) atoms. The number of nitriles is 1. The summed E-state index contributed by atoms with van der Waals surface area (Å²) in [4.78, 5) is 14.5. The topological polar surface area (TPSA) is 85.6 Å². The van der Waals surface area contributed by atoms with Crippen molar-refractivity contribution in [3.63, 3.8) is 0 Å². The van der Waals surface area contributed by atoms with Crippen LogP contribution in [0.15, 0.2) is 24.8 Å². The number of fused-ring (bicyclic) bond motifs is 3. The van der Waals surface area contributed by atoms with E-state index in [1.54, 1.807) is 0 Å². The molecule has 0 unspecified atom stereocenters. The first-order valence-electron chi connectivity index (χ1n) is 10.5. The molecule has 1 aliphatic carbocycles. The molecule has 2 aliphatic rings. The van der Waals surface area contributed by atoms with Crippen LogP contribution in [0.5, 0.6) is 0 Å². The largest absolute Gasteiger partial charge is 0.346 e. The molecule has 1 aliphatic heterocycles. The summed E-state index contributed by atoms with van der Waals surface area (Å²) in [5.41, 5.74) is 3.14. The third-order valence-electron chi connectivity index (χ3n) is 6.56. The maximum atomic E-state index is 8.84. The average molecular weight is 377 g/mol. The number of H-pyrrole nitrogens is 1. The molecule has 5 rings (SSSR count). The molecule has 0 atom stereocenters. The first kappa shape index (κ1) is 17.7. The second-order valence-corrected chi connectivity index (χ2v) is 8.26. The molecule has 2 N–H and O–H groups in total. The second-order valence-electron chi connectivity index (χ2n) is 8.26. The molecule has 0 amide bonds. The Morgan fingerprint density at radius 1 is 1.11 bits per heavy atom. The predicted octanol–water partition coefficient (Wildman–Crippen LogP) is 2.97. The zero-order valence-electron chi connectivity index (χ0n) is 16.1. The van der Waals surface area contributed by atoms with E-state index < -0.39 is 0 Å². The highest BCUT2D eigenvalue weighted by Crippen LogP contribution is 2.33. The first-order chi connectivity index (χ1) is 13.8. The second kappa shape index (κ2) is 7.53. The number of nitrogens with one attached hydrogen (secondary N) is 2. The fourth-order valence-electron chi connectivity index (χ4n) is 5.02. The van der Waals surface area contributed by atoms with E-state index in [0.717, 1.165) is 37.1 Å². The van der Waals surface area contributed by atoms with Crippen molar-refractivity contribution in [2.45, 2.75) is 56.7 Å². The van der Waals surface area contributed by atoms with E-state index in [1.165, 1.54) is 36.6 Å². The zero-order valence-corrected chi connectivity index (χ0v) is 16.1. The summed E-state index contributed by atoms with van der Waals surface area (Å²) >= 11 is 0. The van der Waals surface area contributed by atoms with E-state index in [1.807, 2.05) is 18.7 Å². The van der Waals surface area contributed by atoms with Gasteiger partial charge in [-0.3, -0.25) is 4.90 Å². The average Bonchev–Trinajstić information content (AvgIpc) is 3.36. The van der Waals surface area contributed by atoms with Gasteiger partial charge in [0.1, 0.15) is 11.2 Å². The van der Waals surface area contributed by atoms with Crippen LogP contribution in [0.3, 0.4) is 0 Å². The van der Waals surface area contributed by atoms with Crippen LogP contribution in [-0.4, -0.2) is 56.1 Å². The molecule has 3 aromatic heterocycles. The Morgan fingerprint density at radius 2 is 1.89 bits per heavy atom. The molecular weight excluding hydrogens is 350 g/mol. The van der Waals surface area contributed by atoms with E-state index in [9.17, 15) is 0 Å². The van der Waals surface area contributed by atoms with Crippen molar-refractivity contribution in [1.29, 1.82) is 5.26 Å². The van der Waals surface area contributed by atoms with Gasteiger partial charge in [-0.2, -0.15) is 5.26 Å². The molecule has 0 bridgehead atoms. The molecule has 2 fully saturated rings. The van der Waals surface area contributed by atoms with E-state index in [2.05, 4.69) is 41.9 Å². The molecular formula is C21H27N7. The van der Waals surface area contributed by atoms with E-state index in [-0.39, 0.29) is 0 Å². The quantitative estimate of drug-likeness (QED) is 0.683. The highest BCUT2D eigenvalue weighted by atomic mass is 15.1. The van der Waals surface area contributed by atoms with Gasteiger partial charge in [-0.05, 0) is 44.6 Å². The Bertz CT molecular complexity index is 981. The Morgan fingerprint density at radius 3 is 2.68 bits per heavy atom. The van der Waals surface area contributed by atoms with Gasteiger partial charge in [0.05, 0.1) is 30.7 Å². The lowest BCUT2D eigenvalue weighted by molar-refractivity contribution is 0.192. The number of aromatic nitrogens is 4. The Hall–Kier alpha value is -2.43.